The highest BCUT2D eigenvalue weighted by molar-refractivity contribution is 6.07. The van der Waals surface area contributed by atoms with E-state index in [1.54, 1.807) is 0 Å². The van der Waals surface area contributed by atoms with E-state index in [4.69, 9.17) is 0 Å². The molecule has 1 heterocycles. The molecule has 3 heteroatoms. The van der Waals surface area contributed by atoms with Crippen molar-refractivity contribution in [2.24, 2.45) is 0 Å². The Hall–Kier alpha value is -1.84. The summed E-state index contributed by atoms with van der Waals surface area (Å²) >= 11 is 0. The third-order valence-corrected chi connectivity index (χ3v) is 3.83. The van der Waals surface area contributed by atoms with Gasteiger partial charge >= 0.3 is 0 Å². The molecule has 0 spiro atoms. The fraction of sp³-hybridized carbons (Fsp3) is 0.333. The van der Waals surface area contributed by atoms with E-state index < -0.39 is 6.10 Å². The fourth-order valence-electron chi connectivity index (χ4n) is 2.85. The van der Waals surface area contributed by atoms with Gasteiger partial charge in [0.2, 0.25) is 0 Å². The minimum absolute atomic E-state index is 0.387. The predicted molar refractivity (Wildman–Crippen MR) is 88.6 cm³/mol. The summed E-state index contributed by atoms with van der Waals surface area (Å²) in [6.45, 7) is 5.40. The van der Waals surface area contributed by atoms with Crippen molar-refractivity contribution in [2.45, 2.75) is 32.5 Å². The number of aliphatic hydroxyl groups is 1. The zero-order valence-corrected chi connectivity index (χ0v) is 12.6. The van der Waals surface area contributed by atoms with Crippen LogP contribution in [0.4, 0.5) is 0 Å². The summed E-state index contributed by atoms with van der Waals surface area (Å²) in [5.41, 5.74) is 2.37. The summed E-state index contributed by atoms with van der Waals surface area (Å²) in [5.74, 6) is 0. The topological polar surface area (TPSA) is 37.2 Å². The van der Waals surface area contributed by atoms with Gasteiger partial charge in [0.15, 0.2) is 0 Å². The molecule has 110 valence electrons. The first kappa shape index (κ1) is 14.1. The zero-order chi connectivity index (χ0) is 14.8. The average molecular weight is 282 g/mol. The van der Waals surface area contributed by atoms with E-state index in [1.807, 2.05) is 0 Å². The largest absolute Gasteiger partial charge is 0.390 e. The quantitative estimate of drug-likeness (QED) is 0.754. The summed E-state index contributed by atoms with van der Waals surface area (Å²) in [6, 6.07) is 17.2. The summed E-state index contributed by atoms with van der Waals surface area (Å²) in [7, 11) is 0. The number of hydrogen-bond donors (Lipinski definition) is 2. The van der Waals surface area contributed by atoms with Crippen molar-refractivity contribution in [3.63, 3.8) is 0 Å². The summed E-state index contributed by atoms with van der Waals surface area (Å²) < 4.78 is 2.22. The maximum Gasteiger partial charge on any atom is 0.0843 e. The number of para-hydroxylation sites is 2. The molecule has 0 aliphatic rings. The molecule has 3 nitrogen and oxygen atoms in total. The molecule has 1 aromatic heterocycles. The van der Waals surface area contributed by atoms with Crippen LogP contribution in [0, 0.1) is 0 Å². The van der Waals surface area contributed by atoms with Crippen LogP contribution >= 0.6 is 0 Å². The Morgan fingerprint density at radius 2 is 1.48 bits per heavy atom. The number of benzene rings is 2. The number of rotatable bonds is 5. The standard InChI is InChI=1S/C18H22N2O/c1-13(2)19-11-14(21)12-20-17-9-5-3-7-15(17)16-8-4-6-10-18(16)20/h3-10,13-14,19,21H,11-12H2,1-2H3/t14-/m1/s1. The molecular weight excluding hydrogens is 260 g/mol. The van der Waals surface area contributed by atoms with E-state index in [2.05, 4.69) is 72.3 Å². The van der Waals surface area contributed by atoms with Crippen LogP contribution < -0.4 is 5.32 Å². The van der Waals surface area contributed by atoms with Gasteiger partial charge in [-0.3, -0.25) is 0 Å². The summed E-state index contributed by atoms with van der Waals surface area (Å²) in [5, 5.41) is 16.1. The molecule has 0 aliphatic heterocycles. The summed E-state index contributed by atoms with van der Waals surface area (Å²) in [4.78, 5) is 0. The van der Waals surface area contributed by atoms with Crippen LogP contribution in [-0.2, 0) is 6.54 Å². The van der Waals surface area contributed by atoms with Gasteiger partial charge in [-0.1, -0.05) is 50.2 Å². The third-order valence-electron chi connectivity index (χ3n) is 3.83. The van der Waals surface area contributed by atoms with Crippen LogP contribution in [0.25, 0.3) is 21.8 Å². The molecule has 0 fully saturated rings. The van der Waals surface area contributed by atoms with Crippen LogP contribution in [0.1, 0.15) is 13.8 Å². The van der Waals surface area contributed by atoms with E-state index in [-0.39, 0.29) is 0 Å². The van der Waals surface area contributed by atoms with E-state index in [1.165, 1.54) is 21.8 Å². The molecule has 2 aromatic carbocycles. The van der Waals surface area contributed by atoms with Crippen LogP contribution in [-0.4, -0.2) is 28.4 Å². The van der Waals surface area contributed by atoms with Crippen molar-refractivity contribution in [1.82, 2.24) is 9.88 Å². The van der Waals surface area contributed by atoms with Gasteiger partial charge in [0.05, 0.1) is 12.6 Å². The molecule has 0 aliphatic carbocycles. The number of hydrogen-bond acceptors (Lipinski definition) is 2. The molecule has 2 N–H and O–H groups in total. The normalized spacial score (nSPS) is 13.3. The Labute approximate surface area is 125 Å². The number of fused-ring (bicyclic) bond motifs is 3. The van der Waals surface area contributed by atoms with Crippen molar-refractivity contribution in [3.05, 3.63) is 48.5 Å². The predicted octanol–water partition coefficient (Wildman–Crippen LogP) is 3.15. The highest BCUT2D eigenvalue weighted by Crippen LogP contribution is 2.28. The SMILES string of the molecule is CC(C)NC[C@@H](O)Cn1c2ccccc2c2ccccc21. The minimum atomic E-state index is -0.397. The lowest BCUT2D eigenvalue weighted by Crippen LogP contribution is -2.34. The molecule has 0 bridgehead atoms. The Morgan fingerprint density at radius 3 is 2.00 bits per heavy atom. The van der Waals surface area contributed by atoms with Crippen LogP contribution in [0.2, 0.25) is 0 Å². The molecule has 21 heavy (non-hydrogen) atoms. The van der Waals surface area contributed by atoms with E-state index in [9.17, 15) is 5.11 Å². The molecule has 3 rings (SSSR count). The van der Waals surface area contributed by atoms with Gasteiger partial charge in [-0.05, 0) is 12.1 Å². The smallest absolute Gasteiger partial charge is 0.0843 e. The summed E-state index contributed by atoms with van der Waals surface area (Å²) in [6.07, 6.45) is -0.397. The third kappa shape index (κ3) is 2.80. The first-order valence-electron chi connectivity index (χ1n) is 7.54. The maximum absolute atomic E-state index is 10.3. The fourth-order valence-corrected chi connectivity index (χ4v) is 2.85. The van der Waals surface area contributed by atoms with E-state index >= 15 is 0 Å². The van der Waals surface area contributed by atoms with Gasteiger partial charge in [0.1, 0.15) is 0 Å². The van der Waals surface area contributed by atoms with Gasteiger partial charge in [0, 0.05) is 34.4 Å². The highest BCUT2D eigenvalue weighted by Gasteiger charge is 2.13. The lowest BCUT2D eigenvalue weighted by Gasteiger charge is -2.16. The molecule has 1 atom stereocenters. The molecule has 0 saturated carbocycles. The first-order chi connectivity index (χ1) is 10.2. The number of aliphatic hydroxyl groups excluding tert-OH is 1. The second-order valence-corrected chi connectivity index (χ2v) is 5.86. The monoisotopic (exact) mass is 282 g/mol. The van der Waals surface area contributed by atoms with E-state index in [0.717, 1.165) is 0 Å². The average Bonchev–Trinajstić information content (AvgIpc) is 2.80. The zero-order valence-electron chi connectivity index (χ0n) is 12.6. The molecule has 0 saturated heterocycles. The van der Waals surface area contributed by atoms with Gasteiger partial charge in [-0.15, -0.1) is 0 Å². The number of nitrogens with zero attached hydrogens (tertiary/aromatic N) is 1. The maximum atomic E-state index is 10.3. The second-order valence-electron chi connectivity index (χ2n) is 5.86. The number of nitrogens with one attached hydrogen (secondary N) is 1. The van der Waals surface area contributed by atoms with E-state index in [0.29, 0.717) is 19.1 Å². The van der Waals surface area contributed by atoms with Gasteiger partial charge in [-0.2, -0.15) is 0 Å². The molecule has 0 unspecified atom stereocenters. The highest BCUT2D eigenvalue weighted by atomic mass is 16.3. The van der Waals surface area contributed by atoms with Crippen LogP contribution in [0.15, 0.2) is 48.5 Å². The lowest BCUT2D eigenvalue weighted by atomic mass is 10.2. The van der Waals surface area contributed by atoms with Crippen molar-refractivity contribution in [3.8, 4) is 0 Å². The van der Waals surface area contributed by atoms with Gasteiger partial charge in [0.25, 0.3) is 0 Å². The van der Waals surface area contributed by atoms with Crippen molar-refractivity contribution < 1.29 is 5.11 Å². The van der Waals surface area contributed by atoms with Crippen LogP contribution in [0.5, 0.6) is 0 Å². The molecule has 3 aromatic rings. The Kier molecular flexibility index (Phi) is 3.95. The lowest BCUT2D eigenvalue weighted by molar-refractivity contribution is 0.151. The second kappa shape index (κ2) is 5.88. The number of aromatic nitrogens is 1. The first-order valence-corrected chi connectivity index (χ1v) is 7.54. The Morgan fingerprint density at radius 1 is 0.952 bits per heavy atom. The van der Waals surface area contributed by atoms with Crippen LogP contribution in [0.3, 0.4) is 0 Å². The molecule has 0 radical (unpaired) electrons. The van der Waals surface area contributed by atoms with Crippen molar-refractivity contribution >= 4 is 21.8 Å². The van der Waals surface area contributed by atoms with Crippen molar-refractivity contribution in [1.29, 1.82) is 0 Å². The Balaban J connectivity index is 1.99. The Bertz CT molecular complexity index is 692. The van der Waals surface area contributed by atoms with Gasteiger partial charge < -0.3 is 15.0 Å². The molecular formula is C18H22N2O. The van der Waals surface area contributed by atoms with Gasteiger partial charge in [-0.25, -0.2) is 0 Å². The van der Waals surface area contributed by atoms with Crippen molar-refractivity contribution in [2.75, 3.05) is 6.54 Å². The minimum Gasteiger partial charge on any atom is -0.390 e. The molecule has 0 amide bonds.